The third-order valence-electron chi connectivity index (χ3n) is 1.55. The molecule has 1 nitrogen and oxygen atoms in total. The zero-order valence-electron chi connectivity index (χ0n) is 6.54. The second kappa shape index (κ2) is 3.25. The zero-order valence-corrected chi connectivity index (χ0v) is 6.54. The molecular formula is C9H13N. The number of hydrogen-bond donors (Lipinski definition) is 0. The van der Waals surface area contributed by atoms with Crippen molar-refractivity contribution in [3.63, 3.8) is 0 Å². The van der Waals surface area contributed by atoms with Gasteiger partial charge in [0.05, 0.1) is 0 Å². The SMILES string of the molecule is CN(C)C1=CC=CC=CC1. The molecule has 0 saturated carbocycles. The normalized spacial score (nSPS) is 16.4. The molecule has 0 amide bonds. The maximum absolute atomic E-state index is 2.16. The molecule has 0 aromatic rings. The van der Waals surface area contributed by atoms with Crippen LogP contribution in [0.25, 0.3) is 0 Å². The molecule has 0 aromatic heterocycles. The number of hydrogen-bond acceptors (Lipinski definition) is 1. The summed E-state index contributed by atoms with van der Waals surface area (Å²) in [5, 5.41) is 0. The molecule has 0 radical (unpaired) electrons. The lowest BCUT2D eigenvalue weighted by Gasteiger charge is -2.14. The van der Waals surface area contributed by atoms with Crippen molar-refractivity contribution < 1.29 is 0 Å². The summed E-state index contributed by atoms with van der Waals surface area (Å²) in [6, 6.07) is 0. The molecule has 54 valence electrons. The van der Waals surface area contributed by atoms with E-state index in [9.17, 15) is 0 Å². The van der Waals surface area contributed by atoms with Crippen LogP contribution in [0, 0.1) is 0 Å². The molecule has 0 N–H and O–H groups in total. The molecule has 1 heteroatoms. The molecule has 0 saturated heterocycles. The van der Waals surface area contributed by atoms with Crippen molar-refractivity contribution in [2.75, 3.05) is 14.1 Å². The van der Waals surface area contributed by atoms with Gasteiger partial charge < -0.3 is 4.90 Å². The first-order valence-corrected chi connectivity index (χ1v) is 3.50. The average Bonchev–Trinajstić information content (AvgIpc) is 2.12. The van der Waals surface area contributed by atoms with Gasteiger partial charge in [0, 0.05) is 26.2 Å². The van der Waals surface area contributed by atoms with Crippen LogP contribution in [0.15, 0.2) is 36.1 Å². The van der Waals surface area contributed by atoms with Gasteiger partial charge in [-0.15, -0.1) is 0 Å². The van der Waals surface area contributed by atoms with Crippen molar-refractivity contribution >= 4 is 0 Å². The molecule has 1 rings (SSSR count). The Morgan fingerprint density at radius 2 is 2.00 bits per heavy atom. The van der Waals surface area contributed by atoms with Gasteiger partial charge in [0.15, 0.2) is 0 Å². The minimum Gasteiger partial charge on any atom is -0.381 e. The van der Waals surface area contributed by atoms with Crippen LogP contribution in [0.3, 0.4) is 0 Å². The van der Waals surface area contributed by atoms with Crippen LogP contribution in [0.2, 0.25) is 0 Å². The molecule has 1 aliphatic carbocycles. The van der Waals surface area contributed by atoms with E-state index in [1.807, 2.05) is 0 Å². The quantitative estimate of drug-likeness (QED) is 0.531. The summed E-state index contributed by atoms with van der Waals surface area (Å²) in [4.78, 5) is 2.14. The minimum atomic E-state index is 1.04. The highest BCUT2D eigenvalue weighted by Gasteiger charge is 1.95. The number of rotatable bonds is 1. The van der Waals surface area contributed by atoms with E-state index in [1.54, 1.807) is 0 Å². The van der Waals surface area contributed by atoms with E-state index < -0.39 is 0 Å². The Balaban J connectivity index is 2.68. The van der Waals surface area contributed by atoms with E-state index in [4.69, 9.17) is 0 Å². The van der Waals surface area contributed by atoms with Crippen molar-refractivity contribution in [1.82, 2.24) is 4.90 Å². The summed E-state index contributed by atoms with van der Waals surface area (Å²) >= 11 is 0. The predicted molar refractivity (Wildman–Crippen MR) is 44.7 cm³/mol. The average molecular weight is 135 g/mol. The van der Waals surface area contributed by atoms with Gasteiger partial charge >= 0.3 is 0 Å². The summed E-state index contributed by atoms with van der Waals surface area (Å²) in [5.41, 5.74) is 1.35. The van der Waals surface area contributed by atoms with E-state index in [1.165, 1.54) is 5.70 Å². The van der Waals surface area contributed by atoms with Crippen LogP contribution in [0.1, 0.15) is 6.42 Å². The molecule has 0 aromatic carbocycles. The Morgan fingerprint density at radius 1 is 1.20 bits per heavy atom. The highest BCUT2D eigenvalue weighted by atomic mass is 15.1. The molecule has 0 heterocycles. The first-order chi connectivity index (χ1) is 4.80. The van der Waals surface area contributed by atoms with Gasteiger partial charge in [-0.05, 0) is 6.08 Å². The van der Waals surface area contributed by atoms with Gasteiger partial charge in [0.2, 0.25) is 0 Å². The van der Waals surface area contributed by atoms with E-state index in [0.717, 1.165) is 6.42 Å². The fourth-order valence-electron chi connectivity index (χ4n) is 0.898. The van der Waals surface area contributed by atoms with E-state index in [-0.39, 0.29) is 0 Å². The maximum Gasteiger partial charge on any atom is 0.0166 e. The molecule has 0 spiro atoms. The fourth-order valence-corrected chi connectivity index (χ4v) is 0.898. The Hall–Kier alpha value is -0.980. The molecule has 0 unspecified atom stereocenters. The fraction of sp³-hybridized carbons (Fsp3) is 0.333. The predicted octanol–water partition coefficient (Wildman–Crippen LogP) is 1.95. The van der Waals surface area contributed by atoms with Crippen LogP contribution < -0.4 is 0 Å². The van der Waals surface area contributed by atoms with Gasteiger partial charge in [-0.25, -0.2) is 0 Å². The molecule has 0 aliphatic heterocycles. The summed E-state index contributed by atoms with van der Waals surface area (Å²) in [6.07, 6.45) is 11.5. The summed E-state index contributed by atoms with van der Waals surface area (Å²) in [7, 11) is 4.14. The zero-order chi connectivity index (χ0) is 7.40. The summed E-state index contributed by atoms with van der Waals surface area (Å²) in [6.45, 7) is 0. The highest BCUT2D eigenvalue weighted by molar-refractivity contribution is 5.22. The van der Waals surface area contributed by atoms with Crippen LogP contribution in [0.5, 0.6) is 0 Å². The second-order valence-corrected chi connectivity index (χ2v) is 2.57. The van der Waals surface area contributed by atoms with Gasteiger partial charge in [-0.2, -0.15) is 0 Å². The molecule has 0 atom stereocenters. The Morgan fingerprint density at radius 3 is 2.70 bits per heavy atom. The number of nitrogens with zero attached hydrogens (tertiary/aromatic N) is 1. The van der Waals surface area contributed by atoms with Crippen LogP contribution in [-0.2, 0) is 0 Å². The molecule has 0 bridgehead atoms. The number of allylic oxidation sites excluding steroid dienone is 5. The topological polar surface area (TPSA) is 3.24 Å². The van der Waals surface area contributed by atoms with Crippen molar-refractivity contribution in [2.24, 2.45) is 0 Å². The third kappa shape index (κ3) is 1.76. The van der Waals surface area contributed by atoms with Crippen molar-refractivity contribution in [3.8, 4) is 0 Å². The Labute approximate surface area is 62.3 Å². The minimum absolute atomic E-state index is 1.04. The standard InChI is InChI=1S/C9H13N/c1-10(2)9-7-5-3-4-6-8-9/h3-7H,8H2,1-2H3. The van der Waals surface area contributed by atoms with E-state index >= 15 is 0 Å². The van der Waals surface area contributed by atoms with Gasteiger partial charge in [0.1, 0.15) is 0 Å². The Kier molecular flexibility index (Phi) is 2.32. The lowest BCUT2D eigenvalue weighted by Crippen LogP contribution is -2.09. The van der Waals surface area contributed by atoms with Gasteiger partial charge in [-0.3, -0.25) is 0 Å². The molecular weight excluding hydrogens is 122 g/mol. The van der Waals surface area contributed by atoms with Crippen molar-refractivity contribution in [3.05, 3.63) is 36.1 Å². The van der Waals surface area contributed by atoms with Crippen molar-refractivity contribution in [1.29, 1.82) is 0 Å². The van der Waals surface area contributed by atoms with E-state index in [0.29, 0.717) is 0 Å². The van der Waals surface area contributed by atoms with Crippen molar-refractivity contribution in [2.45, 2.75) is 6.42 Å². The Bertz CT molecular complexity index is 185. The second-order valence-electron chi connectivity index (χ2n) is 2.57. The van der Waals surface area contributed by atoms with Gasteiger partial charge in [0.25, 0.3) is 0 Å². The lowest BCUT2D eigenvalue weighted by molar-refractivity contribution is 0.501. The first kappa shape index (κ1) is 7.13. The molecule has 1 aliphatic rings. The van der Waals surface area contributed by atoms with Crippen LogP contribution >= 0.6 is 0 Å². The highest BCUT2D eigenvalue weighted by Crippen LogP contribution is 2.08. The lowest BCUT2D eigenvalue weighted by atomic mass is 10.3. The smallest absolute Gasteiger partial charge is 0.0166 e. The van der Waals surface area contributed by atoms with Gasteiger partial charge in [-0.1, -0.05) is 24.3 Å². The monoisotopic (exact) mass is 135 g/mol. The first-order valence-electron chi connectivity index (χ1n) is 3.50. The van der Waals surface area contributed by atoms with Crippen LogP contribution in [0.4, 0.5) is 0 Å². The summed E-state index contributed by atoms with van der Waals surface area (Å²) < 4.78 is 0. The largest absolute Gasteiger partial charge is 0.381 e. The van der Waals surface area contributed by atoms with Crippen LogP contribution in [-0.4, -0.2) is 19.0 Å². The molecule has 0 fully saturated rings. The molecule has 10 heavy (non-hydrogen) atoms. The summed E-state index contributed by atoms with van der Waals surface area (Å²) in [5.74, 6) is 0. The third-order valence-corrected chi connectivity index (χ3v) is 1.55. The maximum atomic E-state index is 2.16. The van der Waals surface area contributed by atoms with E-state index in [2.05, 4.69) is 49.4 Å².